The van der Waals surface area contributed by atoms with Gasteiger partial charge in [-0.2, -0.15) is 5.26 Å². The molecule has 0 saturated heterocycles. The van der Waals surface area contributed by atoms with Crippen molar-refractivity contribution in [1.29, 1.82) is 5.26 Å². The predicted octanol–water partition coefficient (Wildman–Crippen LogP) is 7.50. The lowest BCUT2D eigenvalue weighted by molar-refractivity contribution is 0.155. The van der Waals surface area contributed by atoms with Gasteiger partial charge in [-0.25, -0.2) is 8.78 Å². The highest BCUT2D eigenvalue weighted by Gasteiger charge is 2.31. The van der Waals surface area contributed by atoms with E-state index in [4.69, 9.17) is 5.26 Å². The van der Waals surface area contributed by atoms with Gasteiger partial charge in [0.25, 0.3) is 0 Å². The lowest BCUT2D eigenvalue weighted by Crippen LogP contribution is -2.25. The Kier molecular flexibility index (Phi) is 7.27. The van der Waals surface area contributed by atoms with Crippen LogP contribution in [0.5, 0.6) is 0 Å². The minimum absolute atomic E-state index is 0.239. The second-order valence-corrected chi connectivity index (χ2v) is 8.86. The van der Waals surface area contributed by atoms with Crippen LogP contribution in [-0.2, 0) is 0 Å². The molecule has 0 amide bonds. The molecule has 0 heterocycles. The second-order valence-electron chi connectivity index (χ2n) is 8.86. The minimum atomic E-state index is -0.712. The Morgan fingerprint density at radius 3 is 1.96 bits per heavy atom. The summed E-state index contributed by atoms with van der Waals surface area (Å²) in [6.07, 6.45) is 15.5. The van der Waals surface area contributed by atoms with E-state index in [0.717, 1.165) is 36.2 Å². The molecule has 2 saturated carbocycles. The molecule has 1 nitrogen and oxygen atoms in total. The Bertz CT molecular complexity index is 624. The molecule has 0 aromatic heterocycles. The Hall–Kier alpha value is -1.43. The lowest BCUT2D eigenvalue weighted by atomic mass is 9.68. The Balaban J connectivity index is 1.48. The van der Waals surface area contributed by atoms with Crippen molar-refractivity contribution in [1.82, 2.24) is 0 Å². The second kappa shape index (κ2) is 9.67. The largest absolute Gasteiger partial charge is 0.205 e. The number of rotatable bonds is 6. The highest BCUT2D eigenvalue weighted by molar-refractivity contribution is 5.36. The summed E-state index contributed by atoms with van der Waals surface area (Å²) in [5, 5.41) is 8.83. The SMILES string of the molecule is CCCCC[C@H]1CC[C@H]([C@H]2CC[C@H](c3cc(F)c(C#N)c(F)c3)CC2)CC1. The minimum Gasteiger partial charge on any atom is -0.205 e. The summed E-state index contributed by atoms with van der Waals surface area (Å²) >= 11 is 0. The fourth-order valence-corrected chi connectivity index (χ4v) is 5.49. The third kappa shape index (κ3) is 5.09. The fraction of sp³-hybridized carbons (Fsp3) is 0.708. The lowest BCUT2D eigenvalue weighted by Gasteiger charge is -2.38. The standard InChI is InChI=1S/C24H33F2N/c1-2-3-4-5-17-6-8-18(9-7-17)19-10-12-20(13-11-19)21-14-23(25)22(16-27)24(26)15-21/h14-15,17-20H,2-13H2,1H3/t17-,18-,19-,20-. The molecule has 0 aliphatic heterocycles. The van der Waals surface area contributed by atoms with E-state index in [1.165, 1.54) is 76.3 Å². The van der Waals surface area contributed by atoms with Gasteiger partial charge < -0.3 is 0 Å². The van der Waals surface area contributed by atoms with Crippen molar-refractivity contribution in [2.75, 3.05) is 0 Å². The quantitative estimate of drug-likeness (QED) is 0.474. The van der Waals surface area contributed by atoms with Gasteiger partial charge in [0.05, 0.1) is 0 Å². The summed E-state index contributed by atoms with van der Waals surface area (Å²) in [6, 6.07) is 4.38. The van der Waals surface area contributed by atoms with E-state index in [1.807, 2.05) is 0 Å². The summed E-state index contributed by atoms with van der Waals surface area (Å²) in [6.45, 7) is 2.27. The zero-order chi connectivity index (χ0) is 19.2. The molecule has 2 aliphatic carbocycles. The first-order valence-corrected chi connectivity index (χ1v) is 11.0. The molecule has 1 aromatic carbocycles. The molecule has 1 aromatic rings. The third-order valence-electron chi connectivity index (χ3n) is 7.19. The van der Waals surface area contributed by atoms with Crippen LogP contribution >= 0.6 is 0 Å². The van der Waals surface area contributed by atoms with Crippen molar-refractivity contribution in [3.8, 4) is 6.07 Å². The van der Waals surface area contributed by atoms with Crippen LogP contribution < -0.4 is 0 Å². The molecular weight excluding hydrogens is 340 g/mol. The van der Waals surface area contributed by atoms with Crippen molar-refractivity contribution >= 4 is 0 Å². The van der Waals surface area contributed by atoms with Gasteiger partial charge in [0.2, 0.25) is 0 Å². The Morgan fingerprint density at radius 1 is 0.889 bits per heavy atom. The molecule has 2 aliphatic rings. The maximum Gasteiger partial charge on any atom is 0.144 e. The molecule has 0 bridgehead atoms. The first kappa shape index (κ1) is 20.3. The van der Waals surface area contributed by atoms with E-state index >= 15 is 0 Å². The van der Waals surface area contributed by atoms with Crippen LogP contribution in [0.15, 0.2) is 12.1 Å². The number of halogens is 2. The van der Waals surface area contributed by atoms with Crippen LogP contribution in [-0.4, -0.2) is 0 Å². The van der Waals surface area contributed by atoms with E-state index in [-0.39, 0.29) is 5.92 Å². The van der Waals surface area contributed by atoms with Crippen molar-refractivity contribution in [2.24, 2.45) is 17.8 Å². The van der Waals surface area contributed by atoms with E-state index in [0.29, 0.717) is 0 Å². The number of hydrogen-bond donors (Lipinski definition) is 0. The molecule has 27 heavy (non-hydrogen) atoms. The predicted molar refractivity (Wildman–Crippen MR) is 105 cm³/mol. The molecule has 3 rings (SSSR count). The van der Waals surface area contributed by atoms with Gasteiger partial charge >= 0.3 is 0 Å². The monoisotopic (exact) mass is 373 g/mol. The van der Waals surface area contributed by atoms with Gasteiger partial charge in [0.15, 0.2) is 0 Å². The summed E-state index contributed by atoms with van der Waals surface area (Å²) in [7, 11) is 0. The number of nitriles is 1. The summed E-state index contributed by atoms with van der Waals surface area (Å²) in [4.78, 5) is 0. The summed E-state index contributed by atoms with van der Waals surface area (Å²) in [5.41, 5.74) is 0.283. The maximum absolute atomic E-state index is 13.9. The molecular formula is C24H33F2N. The summed E-state index contributed by atoms with van der Waals surface area (Å²) < 4.78 is 27.8. The number of hydrogen-bond acceptors (Lipinski definition) is 1. The molecule has 0 N–H and O–H groups in total. The average Bonchev–Trinajstić information content (AvgIpc) is 2.69. The summed E-state index contributed by atoms with van der Waals surface area (Å²) in [5.74, 6) is 1.43. The van der Waals surface area contributed by atoms with Crippen LogP contribution in [0.1, 0.15) is 101 Å². The van der Waals surface area contributed by atoms with Gasteiger partial charge in [0.1, 0.15) is 23.3 Å². The first-order valence-electron chi connectivity index (χ1n) is 11.0. The van der Waals surface area contributed by atoms with Gasteiger partial charge in [-0.05, 0) is 79.9 Å². The molecule has 0 unspecified atom stereocenters. The van der Waals surface area contributed by atoms with Crippen molar-refractivity contribution in [3.05, 3.63) is 34.9 Å². The Labute approximate surface area is 163 Å². The smallest absolute Gasteiger partial charge is 0.144 e. The molecule has 0 atom stereocenters. The molecule has 3 heteroatoms. The van der Waals surface area contributed by atoms with Crippen LogP contribution in [0.2, 0.25) is 0 Å². The zero-order valence-electron chi connectivity index (χ0n) is 16.7. The van der Waals surface area contributed by atoms with Crippen molar-refractivity contribution in [3.63, 3.8) is 0 Å². The van der Waals surface area contributed by atoms with E-state index in [9.17, 15) is 8.78 Å². The third-order valence-corrected chi connectivity index (χ3v) is 7.19. The van der Waals surface area contributed by atoms with Crippen molar-refractivity contribution < 1.29 is 8.78 Å². The average molecular weight is 374 g/mol. The van der Waals surface area contributed by atoms with Gasteiger partial charge in [0, 0.05) is 0 Å². The van der Waals surface area contributed by atoms with E-state index in [2.05, 4.69) is 6.92 Å². The van der Waals surface area contributed by atoms with Crippen LogP contribution in [0.25, 0.3) is 0 Å². The normalized spacial score (nSPS) is 28.7. The maximum atomic E-state index is 13.9. The molecule has 0 radical (unpaired) electrons. The zero-order valence-corrected chi connectivity index (χ0v) is 16.7. The number of nitrogens with zero attached hydrogens (tertiary/aromatic N) is 1. The van der Waals surface area contributed by atoms with Crippen LogP contribution in [0.3, 0.4) is 0 Å². The van der Waals surface area contributed by atoms with E-state index in [1.54, 1.807) is 6.07 Å². The van der Waals surface area contributed by atoms with Gasteiger partial charge in [-0.1, -0.05) is 45.4 Å². The first-order chi connectivity index (χ1) is 13.1. The highest BCUT2D eigenvalue weighted by atomic mass is 19.1. The topological polar surface area (TPSA) is 23.8 Å². The number of benzene rings is 1. The van der Waals surface area contributed by atoms with E-state index < -0.39 is 17.2 Å². The number of unbranched alkanes of at least 4 members (excludes halogenated alkanes) is 2. The van der Waals surface area contributed by atoms with Crippen molar-refractivity contribution in [2.45, 2.75) is 89.9 Å². The highest BCUT2D eigenvalue weighted by Crippen LogP contribution is 2.44. The van der Waals surface area contributed by atoms with Gasteiger partial charge in [-0.15, -0.1) is 0 Å². The molecule has 2 fully saturated rings. The molecule has 148 valence electrons. The van der Waals surface area contributed by atoms with Gasteiger partial charge in [-0.3, -0.25) is 0 Å². The fourth-order valence-electron chi connectivity index (χ4n) is 5.49. The van der Waals surface area contributed by atoms with Crippen LogP contribution in [0, 0.1) is 40.7 Å². The van der Waals surface area contributed by atoms with Crippen LogP contribution in [0.4, 0.5) is 8.78 Å². The molecule has 0 spiro atoms. The Morgan fingerprint density at radius 2 is 1.44 bits per heavy atom.